The molecule has 0 heterocycles. The van der Waals surface area contributed by atoms with Gasteiger partial charge < -0.3 is 5.32 Å². The molecule has 0 saturated carbocycles. The van der Waals surface area contributed by atoms with Gasteiger partial charge in [0, 0.05) is 12.0 Å². The number of halogens is 3. The lowest BCUT2D eigenvalue weighted by Gasteiger charge is -2.09. The Morgan fingerprint density at radius 1 is 1.08 bits per heavy atom. The third-order valence-corrected chi connectivity index (χ3v) is 3.40. The Labute approximate surface area is 152 Å². The first kappa shape index (κ1) is 21.4. The number of anilines is 1. The monoisotopic (exact) mass is 361 g/mol. The van der Waals surface area contributed by atoms with Crippen molar-refractivity contribution in [1.82, 2.24) is 0 Å². The van der Waals surface area contributed by atoms with Crippen molar-refractivity contribution in [3.05, 3.63) is 42.0 Å². The Kier molecular flexibility index (Phi) is 9.72. The van der Waals surface area contributed by atoms with Crippen LogP contribution in [0.25, 0.3) is 0 Å². The number of hydrogen-bond acceptors (Lipinski definition) is 1. The summed E-state index contributed by atoms with van der Waals surface area (Å²) in [5, 5.41) is 1.82. The van der Waals surface area contributed by atoms with Gasteiger partial charge in [0.15, 0.2) is 0 Å². The second-order valence-electron chi connectivity index (χ2n) is 5.59. The van der Waals surface area contributed by atoms with Crippen LogP contribution >= 0.6 is 0 Å². The lowest BCUT2D eigenvalue weighted by molar-refractivity contribution is -0.167. The van der Waals surface area contributed by atoms with Crippen LogP contribution in [0.5, 0.6) is 0 Å². The molecular formula is C21H22F3NO. The number of amides is 1. The summed E-state index contributed by atoms with van der Waals surface area (Å²) in [6.07, 6.45) is 5.03. The van der Waals surface area contributed by atoms with Crippen LogP contribution in [0.1, 0.15) is 51.0 Å². The Balaban J connectivity index is 2.54. The van der Waals surface area contributed by atoms with Crippen LogP contribution in [-0.4, -0.2) is 12.1 Å². The number of unbranched alkanes of at least 4 members (excludes halogenated alkanes) is 5. The topological polar surface area (TPSA) is 29.1 Å². The quantitative estimate of drug-likeness (QED) is 0.529. The second kappa shape index (κ2) is 11.8. The fourth-order valence-corrected chi connectivity index (χ4v) is 2.05. The minimum Gasteiger partial charge on any atom is -0.317 e. The Morgan fingerprint density at radius 2 is 1.77 bits per heavy atom. The summed E-state index contributed by atoms with van der Waals surface area (Å²) in [5.41, 5.74) is 0.326. The van der Waals surface area contributed by atoms with E-state index < -0.39 is 12.1 Å². The molecule has 2 nitrogen and oxygen atoms in total. The third-order valence-electron chi connectivity index (χ3n) is 3.40. The molecule has 5 heteroatoms. The van der Waals surface area contributed by atoms with E-state index in [0.717, 1.165) is 12.8 Å². The van der Waals surface area contributed by atoms with E-state index in [-0.39, 0.29) is 5.69 Å². The first-order valence-corrected chi connectivity index (χ1v) is 8.57. The highest BCUT2D eigenvalue weighted by Crippen LogP contribution is 2.20. The molecule has 138 valence electrons. The maximum atomic E-state index is 12.3. The molecule has 26 heavy (non-hydrogen) atoms. The van der Waals surface area contributed by atoms with E-state index in [2.05, 4.69) is 30.6 Å². The molecule has 0 aliphatic heterocycles. The van der Waals surface area contributed by atoms with Gasteiger partial charge >= 0.3 is 12.1 Å². The van der Waals surface area contributed by atoms with Gasteiger partial charge in [0.05, 0.1) is 5.69 Å². The van der Waals surface area contributed by atoms with Gasteiger partial charge in [-0.25, -0.2) is 0 Å². The van der Waals surface area contributed by atoms with Gasteiger partial charge in [-0.05, 0) is 30.7 Å². The normalized spacial score (nSPS) is 10.6. The molecule has 0 atom stereocenters. The molecule has 1 aromatic carbocycles. The van der Waals surface area contributed by atoms with Crippen LogP contribution in [0.3, 0.4) is 0 Å². The summed E-state index contributed by atoms with van der Waals surface area (Å²) in [6.45, 7) is 2.17. The number of allylic oxidation sites excluding steroid dienone is 2. The minimum atomic E-state index is -4.94. The zero-order chi connectivity index (χ0) is 19.3. The summed E-state index contributed by atoms with van der Waals surface area (Å²) < 4.78 is 37.0. The first-order valence-electron chi connectivity index (χ1n) is 8.57. The van der Waals surface area contributed by atoms with E-state index in [0.29, 0.717) is 5.56 Å². The van der Waals surface area contributed by atoms with Gasteiger partial charge in [0.1, 0.15) is 0 Å². The summed E-state index contributed by atoms with van der Waals surface area (Å²) in [5.74, 6) is 9.30. The maximum Gasteiger partial charge on any atom is 0.471 e. The average molecular weight is 361 g/mol. The van der Waals surface area contributed by atoms with E-state index in [4.69, 9.17) is 0 Å². The van der Waals surface area contributed by atoms with E-state index in [1.165, 1.54) is 50.0 Å². The molecule has 1 amide bonds. The minimum absolute atomic E-state index is 0.0221. The molecule has 0 aromatic heterocycles. The van der Waals surface area contributed by atoms with Crippen molar-refractivity contribution in [1.29, 1.82) is 0 Å². The van der Waals surface area contributed by atoms with Crippen LogP contribution in [0.4, 0.5) is 18.9 Å². The largest absolute Gasteiger partial charge is 0.471 e. The smallest absolute Gasteiger partial charge is 0.317 e. The second-order valence-corrected chi connectivity index (χ2v) is 5.59. The Bertz CT molecular complexity index is 727. The molecule has 0 unspecified atom stereocenters. The van der Waals surface area contributed by atoms with Crippen LogP contribution < -0.4 is 5.32 Å². The Hall–Kier alpha value is -2.66. The van der Waals surface area contributed by atoms with Crippen molar-refractivity contribution in [2.45, 2.75) is 51.6 Å². The molecule has 0 radical (unpaired) electrons. The first-order chi connectivity index (χ1) is 12.4. The molecule has 1 N–H and O–H groups in total. The van der Waals surface area contributed by atoms with Gasteiger partial charge in [-0.15, -0.1) is 0 Å². The number of nitrogens with one attached hydrogen (secondary N) is 1. The van der Waals surface area contributed by atoms with Crippen molar-refractivity contribution < 1.29 is 18.0 Å². The van der Waals surface area contributed by atoms with Gasteiger partial charge in [0.2, 0.25) is 0 Å². The SMILES string of the molecule is CCCCCCCC#C/C=C\C#Cc1ccccc1NC(=O)C(F)(F)F. The van der Waals surface area contributed by atoms with Crippen LogP contribution in [-0.2, 0) is 4.79 Å². The third kappa shape index (κ3) is 8.99. The molecule has 0 bridgehead atoms. The van der Waals surface area contributed by atoms with Crippen LogP contribution in [0, 0.1) is 23.7 Å². The predicted molar refractivity (Wildman–Crippen MR) is 98.3 cm³/mol. The van der Waals surface area contributed by atoms with Gasteiger partial charge in [-0.2, -0.15) is 13.2 Å². The van der Waals surface area contributed by atoms with E-state index in [1.54, 1.807) is 12.1 Å². The van der Waals surface area contributed by atoms with Gasteiger partial charge in [0.25, 0.3) is 0 Å². The van der Waals surface area contributed by atoms with Crippen LogP contribution in [0.15, 0.2) is 36.4 Å². The number of alkyl halides is 3. The van der Waals surface area contributed by atoms with Gasteiger partial charge in [-0.3, -0.25) is 4.79 Å². The molecule has 0 spiro atoms. The fraction of sp³-hybridized carbons (Fsp3) is 0.381. The molecule has 0 aliphatic carbocycles. The molecule has 0 saturated heterocycles. The zero-order valence-corrected chi connectivity index (χ0v) is 14.7. The number of carbonyl (C=O) groups is 1. The summed E-state index contributed by atoms with van der Waals surface area (Å²) in [6, 6.07) is 6.07. The zero-order valence-electron chi connectivity index (χ0n) is 14.7. The molecule has 0 fully saturated rings. The van der Waals surface area contributed by atoms with E-state index >= 15 is 0 Å². The lowest BCUT2D eigenvalue weighted by Crippen LogP contribution is -2.30. The summed E-state index contributed by atoms with van der Waals surface area (Å²) in [4.78, 5) is 11.0. The van der Waals surface area contributed by atoms with Gasteiger partial charge in [-0.1, -0.05) is 68.4 Å². The van der Waals surface area contributed by atoms with E-state index in [1.807, 2.05) is 5.32 Å². The molecule has 0 aliphatic rings. The number of benzene rings is 1. The van der Waals surface area contributed by atoms with Crippen LogP contribution in [0.2, 0.25) is 0 Å². The van der Waals surface area contributed by atoms with Crippen molar-refractivity contribution in [3.63, 3.8) is 0 Å². The van der Waals surface area contributed by atoms with Crippen molar-refractivity contribution in [3.8, 4) is 23.7 Å². The highest BCUT2D eigenvalue weighted by molar-refractivity contribution is 5.96. The number of carbonyl (C=O) groups excluding carboxylic acids is 1. The Morgan fingerprint density at radius 3 is 2.50 bits per heavy atom. The summed E-state index contributed by atoms with van der Waals surface area (Å²) >= 11 is 0. The predicted octanol–water partition coefficient (Wildman–Crippen LogP) is 5.46. The van der Waals surface area contributed by atoms with Crippen molar-refractivity contribution in [2.75, 3.05) is 5.32 Å². The lowest BCUT2D eigenvalue weighted by atomic mass is 10.1. The summed E-state index contributed by atoms with van der Waals surface area (Å²) in [7, 11) is 0. The highest BCUT2D eigenvalue weighted by Gasteiger charge is 2.38. The standard InChI is InChI=1S/C21H22F3NO/c1-2-3-4-5-6-7-8-9-10-11-12-15-18-16-13-14-17-19(18)25-20(26)21(22,23)24/h10-11,13-14,16-17H,2-7H2,1H3,(H,25,26)/b11-10-. The van der Waals surface area contributed by atoms with E-state index in [9.17, 15) is 18.0 Å². The fourth-order valence-electron chi connectivity index (χ4n) is 2.05. The molecule has 1 rings (SSSR count). The molecule has 1 aromatic rings. The average Bonchev–Trinajstić information content (AvgIpc) is 2.60. The van der Waals surface area contributed by atoms with Crippen molar-refractivity contribution in [2.24, 2.45) is 0 Å². The van der Waals surface area contributed by atoms with Crippen molar-refractivity contribution >= 4 is 11.6 Å². The number of para-hydroxylation sites is 1. The molecular weight excluding hydrogens is 339 g/mol. The maximum absolute atomic E-state index is 12.3. The number of hydrogen-bond donors (Lipinski definition) is 1. The highest BCUT2D eigenvalue weighted by atomic mass is 19.4. The number of rotatable bonds is 6.